The summed E-state index contributed by atoms with van der Waals surface area (Å²) in [5.74, 6) is 0. The zero-order valence-electron chi connectivity index (χ0n) is 9.59. The molecule has 0 saturated heterocycles. The summed E-state index contributed by atoms with van der Waals surface area (Å²) in [5, 5.41) is 0. The van der Waals surface area contributed by atoms with Gasteiger partial charge < -0.3 is 0 Å². The molecular formula is C15H18. The summed E-state index contributed by atoms with van der Waals surface area (Å²) in [6.45, 7) is 4.50. The molecule has 0 unspecified atom stereocenters. The summed E-state index contributed by atoms with van der Waals surface area (Å²) in [5.41, 5.74) is 6.08. The van der Waals surface area contributed by atoms with Crippen molar-refractivity contribution in [2.45, 2.75) is 33.1 Å². The second-order valence-electron chi connectivity index (χ2n) is 4.30. The highest BCUT2D eigenvalue weighted by Crippen LogP contribution is 2.28. The number of benzene rings is 1. The van der Waals surface area contributed by atoms with Crippen molar-refractivity contribution in [2.75, 3.05) is 0 Å². The lowest BCUT2D eigenvalue weighted by atomic mass is 10.0. The average Bonchev–Trinajstić information content (AvgIpc) is 2.61. The summed E-state index contributed by atoms with van der Waals surface area (Å²) >= 11 is 0. The average molecular weight is 198 g/mol. The fourth-order valence-electron chi connectivity index (χ4n) is 2.12. The number of rotatable bonds is 3. The maximum absolute atomic E-state index is 2.39. The summed E-state index contributed by atoms with van der Waals surface area (Å²) in [7, 11) is 0. The highest BCUT2D eigenvalue weighted by atomic mass is 14.2. The van der Waals surface area contributed by atoms with E-state index in [-0.39, 0.29) is 0 Å². The number of hydrogen-bond acceptors (Lipinski definition) is 0. The van der Waals surface area contributed by atoms with E-state index in [2.05, 4.69) is 50.3 Å². The molecule has 0 heterocycles. The molecule has 15 heavy (non-hydrogen) atoms. The van der Waals surface area contributed by atoms with Gasteiger partial charge in [-0.3, -0.25) is 0 Å². The Balaban J connectivity index is 2.13. The maximum Gasteiger partial charge on any atom is -0.00262 e. The SMILES string of the molecule is CCC1=CC(Cc2ccccc2)=C(C)C1. The Bertz CT molecular complexity index is 393. The zero-order valence-corrected chi connectivity index (χ0v) is 9.59. The molecule has 0 fully saturated rings. The predicted molar refractivity (Wildman–Crippen MR) is 65.8 cm³/mol. The van der Waals surface area contributed by atoms with Crippen LogP contribution in [0.3, 0.4) is 0 Å². The van der Waals surface area contributed by atoms with Crippen LogP contribution in [0.2, 0.25) is 0 Å². The lowest BCUT2D eigenvalue weighted by Gasteiger charge is -2.02. The first kappa shape index (κ1) is 10.2. The molecule has 1 aromatic carbocycles. The molecule has 2 rings (SSSR count). The third-order valence-corrected chi connectivity index (χ3v) is 3.11. The van der Waals surface area contributed by atoms with Crippen LogP contribution in [0.15, 0.2) is 53.1 Å². The van der Waals surface area contributed by atoms with Crippen LogP contribution in [0.5, 0.6) is 0 Å². The van der Waals surface area contributed by atoms with Crippen LogP contribution in [0, 0.1) is 0 Å². The minimum absolute atomic E-state index is 1.09. The lowest BCUT2D eigenvalue weighted by molar-refractivity contribution is 1.01. The van der Waals surface area contributed by atoms with E-state index in [1.807, 2.05) is 0 Å². The minimum atomic E-state index is 1.09. The van der Waals surface area contributed by atoms with Crippen LogP contribution in [-0.4, -0.2) is 0 Å². The normalized spacial score (nSPS) is 15.7. The quantitative estimate of drug-likeness (QED) is 0.679. The van der Waals surface area contributed by atoms with Gasteiger partial charge in [0.05, 0.1) is 0 Å². The van der Waals surface area contributed by atoms with Gasteiger partial charge in [-0.05, 0) is 37.3 Å². The zero-order chi connectivity index (χ0) is 10.7. The molecule has 1 aromatic rings. The Morgan fingerprint density at radius 1 is 1.13 bits per heavy atom. The van der Waals surface area contributed by atoms with E-state index in [1.165, 1.54) is 24.0 Å². The number of hydrogen-bond donors (Lipinski definition) is 0. The van der Waals surface area contributed by atoms with Gasteiger partial charge in [-0.1, -0.05) is 54.5 Å². The molecule has 0 spiro atoms. The van der Waals surface area contributed by atoms with Crippen molar-refractivity contribution >= 4 is 0 Å². The summed E-state index contributed by atoms with van der Waals surface area (Å²) < 4.78 is 0. The van der Waals surface area contributed by atoms with E-state index in [0.29, 0.717) is 0 Å². The Labute approximate surface area is 92.3 Å². The molecule has 0 nitrogen and oxygen atoms in total. The fourth-order valence-corrected chi connectivity index (χ4v) is 2.12. The second kappa shape index (κ2) is 4.48. The molecule has 0 N–H and O–H groups in total. The highest BCUT2D eigenvalue weighted by molar-refractivity contribution is 5.41. The van der Waals surface area contributed by atoms with Gasteiger partial charge in [0.2, 0.25) is 0 Å². The van der Waals surface area contributed by atoms with Crippen molar-refractivity contribution in [3.63, 3.8) is 0 Å². The van der Waals surface area contributed by atoms with E-state index in [1.54, 1.807) is 11.1 Å². The standard InChI is InChI=1S/C15H18/c1-3-13-9-12(2)15(10-13)11-14-7-5-4-6-8-14/h4-8,10H,3,9,11H2,1-2H3. The Hall–Kier alpha value is -1.30. The maximum atomic E-state index is 2.39. The lowest BCUT2D eigenvalue weighted by Crippen LogP contribution is -1.87. The van der Waals surface area contributed by atoms with Gasteiger partial charge in [-0.2, -0.15) is 0 Å². The third kappa shape index (κ3) is 2.38. The van der Waals surface area contributed by atoms with Gasteiger partial charge in [0.15, 0.2) is 0 Å². The van der Waals surface area contributed by atoms with Gasteiger partial charge in [0, 0.05) is 0 Å². The summed E-state index contributed by atoms with van der Waals surface area (Å²) in [6.07, 6.45) is 5.87. The van der Waals surface area contributed by atoms with Gasteiger partial charge in [-0.15, -0.1) is 0 Å². The molecule has 0 radical (unpaired) electrons. The minimum Gasteiger partial charge on any atom is -0.0661 e. The fraction of sp³-hybridized carbons (Fsp3) is 0.333. The molecule has 0 aliphatic heterocycles. The molecule has 0 amide bonds. The first-order valence-corrected chi connectivity index (χ1v) is 5.71. The second-order valence-corrected chi connectivity index (χ2v) is 4.30. The number of allylic oxidation sites excluding steroid dienone is 4. The van der Waals surface area contributed by atoms with Crippen LogP contribution in [0.1, 0.15) is 32.3 Å². The molecule has 0 heteroatoms. The van der Waals surface area contributed by atoms with E-state index in [4.69, 9.17) is 0 Å². The van der Waals surface area contributed by atoms with E-state index >= 15 is 0 Å². The van der Waals surface area contributed by atoms with Crippen molar-refractivity contribution < 1.29 is 0 Å². The molecule has 0 aromatic heterocycles. The van der Waals surface area contributed by atoms with E-state index in [9.17, 15) is 0 Å². The topological polar surface area (TPSA) is 0 Å². The summed E-state index contributed by atoms with van der Waals surface area (Å²) in [6, 6.07) is 10.7. The first-order valence-electron chi connectivity index (χ1n) is 5.71. The van der Waals surface area contributed by atoms with Crippen molar-refractivity contribution in [1.82, 2.24) is 0 Å². The van der Waals surface area contributed by atoms with Crippen molar-refractivity contribution in [3.05, 3.63) is 58.7 Å². The molecule has 1 aliphatic carbocycles. The van der Waals surface area contributed by atoms with Gasteiger partial charge >= 0.3 is 0 Å². The van der Waals surface area contributed by atoms with Crippen LogP contribution < -0.4 is 0 Å². The third-order valence-electron chi connectivity index (χ3n) is 3.11. The Morgan fingerprint density at radius 3 is 2.47 bits per heavy atom. The summed E-state index contributed by atoms with van der Waals surface area (Å²) in [4.78, 5) is 0. The largest absolute Gasteiger partial charge is 0.0661 e. The first-order chi connectivity index (χ1) is 7.29. The smallest absolute Gasteiger partial charge is 0.00262 e. The Kier molecular flexibility index (Phi) is 3.05. The van der Waals surface area contributed by atoms with Crippen molar-refractivity contribution in [1.29, 1.82) is 0 Å². The predicted octanol–water partition coefficient (Wildman–Crippen LogP) is 4.29. The van der Waals surface area contributed by atoms with Crippen molar-refractivity contribution in [2.24, 2.45) is 0 Å². The molecule has 0 saturated carbocycles. The molecule has 0 atom stereocenters. The molecule has 0 bridgehead atoms. The van der Waals surface area contributed by atoms with E-state index < -0.39 is 0 Å². The van der Waals surface area contributed by atoms with Gasteiger partial charge in [0.1, 0.15) is 0 Å². The van der Waals surface area contributed by atoms with Crippen molar-refractivity contribution in [3.8, 4) is 0 Å². The molecular weight excluding hydrogens is 180 g/mol. The Morgan fingerprint density at radius 2 is 1.87 bits per heavy atom. The van der Waals surface area contributed by atoms with Crippen LogP contribution in [0.4, 0.5) is 0 Å². The van der Waals surface area contributed by atoms with Crippen LogP contribution in [-0.2, 0) is 6.42 Å². The molecule has 1 aliphatic rings. The monoisotopic (exact) mass is 198 g/mol. The highest BCUT2D eigenvalue weighted by Gasteiger charge is 2.11. The molecule has 78 valence electrons. The van der Waals surface area contributed by atoms with Gasteiger partial charge in [-0.25, -0.2) is 0 Å². The van der Waals surface area contributed by atoms with Crippen LogP contribution >= 0.6 is 0 Å². The van der Waals surface area contributed by atoms with Crippen LogP contribution in [0.25, 0.3) is 0 Å². The van der Waals surface area contributed by atoms with E-state index in [0.717, 1.165) is 6.42 Å². The van der Waals surface area contributed by atoms with Gasteiger partial charge in [0.25, 0.3) is 0 Å².